The number of carbonyl (C=O) groups is 4. The van der Waals surface area contributed by atoms with Gasteiger partial charge in [-0.15, -0.1) is 15.7 Å². The Hall–Kier alpha value is -3.36. The van der Waals surface area contributed by atoms with Gasteiger partial charge in [-0.1, -0.05) is 6.92 Å². The number of anilines is 1. The third kappa shape index (κ3) is 13.6. The number of ether oxygens (including phenoxy) is 5. The second kappa shape index (κ2) is 21.4. The van der Waals surface area contributed by atoms with E-state index >= 15 is 0 Å². The minimum atomic E-state index is -4.62. The van der Waals surface area contributed by atoms with Crippen molar-refractivity contribution in [3.63, 3.8) is 0 Å². The highest BCUT2D eigenvalue weighted by atomic mass is 32.3. The van der Waals surface area contributed by atoms with E-state index in [0.717, 1.165) is 18.7 Å². The lowest BCUT2D eigenvalue weighted by Crippen LogP contribution is -2.44. The molecule has 2 aromatic heterocycles. The molecule has 2 aliphatic heterocycles. The smallest absolute Gasteiger partial charge is 0.307 e. The Morgan fingerprint density at radius 2 is 1.75 bits per heavy atom. The number of methoxy groups -OCH3 is 1. The van der Waals surface area contributed by atoms with E-state index < -0.39 is 84.9 Å². The number of thiophene rings is 1. The SMILES string of the molecule is CCN[C@H]1CN(CCCOC)S(=O)(=O)c2sc(S(=O)(=O)NC(=O)[C@@H](C)C(=O)[C@H](C)OC(=O)CCC(=O)O[C@@H](CNC(C)(C)C)COc3nsnc3N3CCOCC3)cc21. The molecule has 332 valence electrons. The monoisotopic (exact) mass is 909 g/mol. The molecule has 1 saturated heterocycles. The van der Waals surface area contributed by atoms with Gasteiger partial charge in [0.1, 0.15) is 21.1 Å². The van der Waals surface area contributed by atoms with Gasteiger partial charge in [0.25, 0.3) is 25.9 Å². The summed E-state index contributed by atoms with van der Waals surface area (Å²) < 4.78 is 91.9. The van der Waals surface area contributed by atoms with Crippen LogP contribution in [0.3, 0.4) is 0 Å². The fraction of sp³-hybridized carbons (Fsp3) is 0.714. The average Bonchev–Trinajstić information content (AvgIpc) is 3.86. The predicted molar refractivity (Wildman–Crippen MR) is 216 cm³/mol. The summed E-state index contributed by atoms with van der Waals surface area (Å²) in [6.45, 7) is 13.6. The number of hydrogen-bond acceptors (Lipinski definition) is 20. The Balaban J connectivity index is 1.30. The fourth-order valence-corrected chi connectivity index (χ4v) is 11.4. The molecule has 2 aliphatic rings. The second-order valence-corrected chi connectivity index (χ2v) is 20.5. The van der Waals surface area contributed by atoms with Crippen LogP contribution >= 0.6 is 23.1 Å². The van der Waals surface area contributed by atoms with Crippen LogP contribution in [0, 0.1) is 5.92 Å². The maximum absolute atomic E-state index is 13.4. The van der Waals surface area contributed by atoms with Gasteiger partial charge in [-0.05, 0) is 53.7 Å². The van der Waals surface area contributed by atoms with Crippen molar-refractivity contribution in [3.8, 4) is 5.88 Å². The van der Waals surface area contributed by atoms with Crippen LogP contribution in [-0.2, 0) is 58.2 Å². The molecule has 0 aliphatic carbocycles. The first-order valence-electron chi connectivity index (χ1n) is 19.2. The van der Waals surface area contributed by atoms with Crippen LogP contribution in [-0.4, -0.2) is 144 Å². The van der Waals surface area contributed by atoms with E-state index in [1.54, 1.807) is 0 Å². The summed E-state index contributed by atoms with van der Waals surface area (Å²) in [6.07, 6.45) is -2.66. The Labute approximate surface area is 353 Å². The largest absolute Gasteiger partial charge is 0.470 e. The van der Waals surface area contributed by atoms with Crippen molar-refractivity contribution in [2.24, 2.45) is 5.92 Å². The number of nitrogens with zero attached hydrogens (tertiary/aromatic N) is 4. The molecule has 4 rings (SSSR count). The molecule has 1 fully saturated rings. The molecule has 4 heterocycles. The van der Waals surface area contributed by atoms with E-state index in [-0.39, 0.29) is 41.6 Å². The van der Waals surface area contributed by atoms with Gasteiger partial charge in [-0.25, -0.2) is 21.6 Å². The average molecular weight is 910 g/mol. The van der Waals surface area contributed by atoms with Crippen LogP contribution in [0.5, 0.6) is 5.88 Å². The molecule has 59 heavy (non-hydrogen) atoms. The summed E-state index contributed by atoms with van der Waals surface area (Å²) in [6, 6.07) is 0.711. The van der Waals surface area contributed by atoms with E-state index in [0.29, 0.717) is 68.9 Å². The number of carbonyl (C=O) groups excluding carboxylic acids is 4. The number of nitrogens with one attached hydrogen (secondary N) is 3. The number of rotatable bonds is 22. The van der Waals surface area contributed by atoms with Gasteiger partial charge in [-0.3, -0.25) is 19.2 Å². The highest BCUT2D eigenvalue weighted by Gasteiger charge is 2.41. The molecule has 20 nitrogen and oxygen atoms in total. The van der Waals surface area contributed by atoms with Crippen molar-refractivity contribution in [2.45, 2.75) is 93.0 Å². The van der Waals surface area contributed by atoms with Crippen LogP contribution < -0.4 is 25.0 Å². The predicted octanol–water partition coefficient (Wildman–Crippen LogP) is 1.23. The number of Topliss-reactive ketones (excluding diaryl/α,β-unsaturated/α-hetero) is 1. The van der Waals surface area contributed by atoms with Gasteiger partial charge in [0, 0.05) is 63.6 Å². The molecule has 0 unspecified atom stereocenters. The maximum Gasteiger partial charge on any atom is 0.307 e. The summed E-state index contributed by atoms with van der Waals surface area (Å²) >= 11 is 1.50. The first-order valence-corrected chi connectivity index (χ1v) is 23.6. The van der Waals surface area contributed by atoms with E-state index in [1.807, 2.05) is 37.3 Å². The van der Waals surface area contributed by atoms with Gasteiger partial charge in [0.2, 0.25) is 11.7 Å². The zero-order valence-electron chi connectivity index (χ0n) is 34.3. The van der Waals surface area contributed by atoms with Crippen LogP contribution in [0.4, 0.5) is 5.82 Å². The molecule has 3 N–H and O–H groups in total. The molecule has 0 spiro atoms. The lowest BCUT2D eigenvalue weighted by Gasteiger charge is -2.32. The Morgan fingerprint density at radius 1 is 1.07 bits per heavy atom. The molecular formula is C35H55N7O13S4. The molecule has 0 bridgehead atoms. The summed E-state index contributed by atoms with van der Waals surface area (Å²) in [4.78, 5) is 53.7. The molecule has 0 aromatic carbocycles. The Morgan fingerprint density at radius 3 is 2.39 bits per heavy atom. The number of likely N-dealkylation sites (N-methyl/N-ethyl adjacent to an activating group) is 1. The zero-order valence-corrected chi connectivity index (χ0v) is 37.6. The number of ketones is 1. The molecule has 1 amide bonds. The fourth-order valence-electron chi connectivity index (χ4n) is 5.95. The van der Waals surface area contributed by atoms with Crippen LogP contribution in [0.25, 0.3) is 0 Å². The van der Waals surface area contributed by atoms with Crippen molar-refractivity contribution in [1.82, 2.24) is 28.4 Å². The molecular weight excluding hydrogens is 855 g/mol. The standard InChI is InChI=1S/C35H55N7O13S4/c1-8-36-26-20-42(12-9-15-51-7)59(49,50)34-25(26)18-29(56-34)58(47,48)40-32(46)22(2)30(45)23(3)54-27(43)10-11-28(44)55-24(19-37-35(4,5)6)21-53-33-31(38-57-39-33)41-13-16-52-17-14-41/h18,22-24,26,36-37H,8-17,19-21H2,1-7H3,(H,40,46)/t22-,23-,24-,26-/m0/s1. The third-order valence-electron chi connectivity index (χ3n) is 9.12. The van der Waals surface area contributed by atoms with Gasteiger partial charge >= 0.3 is 11.9 Å². The van der Waals surface area contributed by atoms with E-state index in [2.05, 4.69) is 19.4 Å². The number of amides is 1. The van der Waals surface area contributed by atoms with Gasteiger partial charge in [-0.2, -0.15) is 8.68 Å². The van der Waals surface area contributed by atoms with Crippen molar-refractivity contribution >= 4 is 72.6 Å². The topological polar surface area (TPSA) is 251 Å². The Kier molecular flexibility index (Phi) is 17.6. The molecule has 2 aromatic rings. The van der Waals surface area contributed by atoms with E-state index in [4.69, 9.17) is 23.7 Å². The molecule has 0 radical (unpaired) electrons. The van der Waals surface area contributed by atoms with E-state index in [1.165, 1.54) is 24.4 Å². The normalized spacial score (nSPS) is 18.6. The van der Waals surface area contributed by atoms with Crippen LogP contribution in [0.1, 0.15) is 72.4 Å². The van der Waals surface area contributed by atoms with Crippen molar-refractivity contribution in [3.05, 3.63) is 11.6 Å². The van der Waals surface area contributed by atoms with Gasteiger partial charge in [0.15, 0.2) is 11.9 Å². The maximum atomic E-state index is 13.4. The Bertz CT molecular complexity index is 1980. The second-order valence-electron chi connectivity index (χ2n) is 14.9. The first kappa shape index (κ1) is 48.3. The highest BCUT2D eigenvalue weighted by molar-refractivity contribution is 7.94. The van der Waals surface area contributed by atoms with Gasteiger partial charge < -0.3 is 39.2 Å². The molecule has 4 atom stereocenters. The number of sulfonamides is 2. The summed E-state index contributed by atoms with van der Waals surface area (Å²) in [5, 5.41) is 6.44. The third-order valence-corrected chi connectivity index (χ3v) is 15.0. The summed E-state index contributed by atoms with van der Waals surface area (Å²) in [5.74, 6) is -4.48. The number of fused-ring (bicyclic) bond motifs is 1. The molecule has 0 saturated carbocycles. The van der Waals surface area contributed by atoms with Crippen molar-refractivity contribution in [2.75, 3.05) is 77.7 Å². The molecule has 24 heteroatoms. The van der Waals surface area contributed by atoms with E-state index in [9.17, 15) is 36.0 Å². The lowest BCUT2D eigenvalue weighted by molar-refractivity contribution is -0.159. The number of morpholine rings is 1. The van der Waals surface area contributed by atoms with Crippen molar-refractivity contribution in [1.29, 1.82) is 0 Å². The van der Waals surface area contributed by atoms with Crippen LogP contribution in [0.2, 0.25) is 0 Å². The highest BCUT2D eigenvalue weighted by Crippen LogP contribution is 2.40. The summed E-state index contributed by atoms with van der Waals surface area (Å²) in [7, 11) is -7.16. The van der Waals surface area contributed by atoms with Crippen molar-refractivity contribution < 1.29 is 59.7 Å². The van der Waals surface area contributed by atoms with Gasteiger partial charge in [0.05, 0.1) is 43.7 Å². The quantitative estimate of drug-likeness (QED) is 0.0854. The minimum Gasteiger partial charge on any atom is -0.470 e. The number of aromatic nitrogens is 2. The number of hydrogen-bond donors (Lipinski definition) is 3. The lowest BCUT2D eigenvalue weighted by atomic mass is 10.0. The van der Waals surface area contributed by atoms with Crippen LogP contribution in [0.15, 0.2) is 14.5 Å². The zero-order chi connectivity index (χ0) is 43.5. The summed E-state index contributed by atoms with van der Waals surface area (Å²) in [5.41, 5.74) is -0.0522. The minimum absolute atomic E-state index is 0.0539. The first-order chi connectivity index (χ1) is 27.8. The number of esters is 2.